The van der Waals surface area contributed by atoms with Gasteiger partial charge in [0.15, 0.2) is 0 Å². The second-order valence-electron chi connectivity index (χ2n) is 4.92. The maximum absolute atomic E-state index is 13.3. The Hall–Kier alpha value is -1.58. The van der Waals surface area contributed by atoms with E-state index in [1.54, 1.807) is 14.0 Å². The number of halogens is 2. The maximum Gasteiger partial charge on any atom is 0.123 e. The molecule has 0 aliphatic heterocycles. The van der Waals surface area contributed by atoms with Crippen molar-refractivity contribution >= 4 is 11.6 Å². The number of ether oxygens (including phenoxy) is 1. The molecule has 0 heterocycles. The number of rotatable bonds is 4. The summed E-state index contributed by atoms with van der Waals surface area (Å²) in [6.45, 7) is 1.62. The highest BCUT2D eigenvalue weighted by atomic mass is 35.5. The highest BCUT2D eigenvalue weighted by Crippen LogP contribution is 2.32. The van der Waals surface area contributed by atoms with Gasteiger partial charge in [0.05, 0.1) is 12.7 Å². The minimum atomic E-state index is -1.24. The zero-order valence-electron chi connectivity index (χ0n) is 11.4. The van der Waals surface area contributed by atoms with Crippen LogP contribution in [0.2, 0.25) is 5.02 Å². The van der Waals surface area contributed by atoms with Crippen LogP contribution in [0, 0.1) is 5.82 Å². The fourth-order valence-electron chi connectivity index (χ4n) is 2.15. The molecule has 0 saturated carbocycles. The molecule has 1 atom stereocenters. The van der Waals surface area contributed by atoms with Gasteiger partial charge in [-0.2, -0.15) is 0 Å². The third kappa shape index (κ3) is 3.30. The van der Waals surface area contributed by atoms with Gasteiger partial charge in [-0.05, 0) is 42.8 Å². The second-order valence-corrected chi connectivity index (χ2v) is 5.33. The second kappa shape index (κ2) is 5.81. The fourth-order valence-corrected chi connectivity index (χ4v) is 2.47. The molecule has 20 heavy (non-hydrogen) atoms. The van der Waals surface area contributed by atoms with Gasteiger partial charge in [0.25, 0.3) is 0 Å². The lowest BCUT2D eigenvalue weighted by Crippen LogP contribution is -2.25. The smallest absolute Gasteiger partial charge is 0.123 e. The standard InChI is InChI=1S/C16H16ClFO2/c1-16(19,14-9-12(18)5-8-15(14)17)10-11-3-6-13(20-2)7-4-11/h3-9,19H,10H2,1-2H3. The lowest BCUT2D eigenvalue weighted by Gasteiger charge is -2.25. The van der Waals surface area contributed by atoms with E-state index in [1.807, 2.05) is 24.3 Å². The van der Waals surface area contributed by atoms with E-state index < -0.39 is 11.4 Å². The number of hydrogen-bond donors (Lipinski definition) is 1. The van der Waals surface area contributed by atoms with Crippen LogP contribution in [0.25, 0.3) is 0 Å². The number of aliphatic hydroxyl groups is 1. The molecule has 1 N–H and O–H groups in total. The van der Waals surface area contributed by atoms with Crippen LogP contribution in [-0.4, -0.2) is 12.2 Å². The molecular weight excluding hydrogens is 279 g/mol. The molecule has 1 unspecified atom stereocenters. The van der Waals surface area contributed by atoms with Gasteiger partial charge in [-0.15, -0.1) is 0 Å². The van der Waals surface area contributed by atoms with E-state index in [-0.39, 0.29) is 0 Å². The molecule has 0 bridgehead atoms. The largest absolute Gasteiger partial charge is 0.497 e. The first-order valence-corrected chi connectivity index (χ1v) is 6.61. The van der Waals surface area contributed by atoms with Crippen LogP contribution in [0.4, 0.5) is 4.39 Å². The highest BCUT2D eigenvalue weighted by molar-refractivity contribution is 6.31. The summed E-state index contributed by atoms with van der Waals surface area (Å²) in [5.41, 5.74) is 0.0550. The summed E-state index contributed by atoms with van der Waals surface area (Å²) in [7, 11) is 1.59. The van der Waals surface area contributed by atoms with Gasteiger partial charge in [0, 0.05) is 17.0 Å². The Morgan fingerprint density at radius 2 is 1.85 bits per heavy atom. The summed E-state index contributed by atoms with van der Waals surface area (Å²) in [4.78, 5) is 0. The van der Waals surface area contributed by atoms with Crippen molar-refractivity contribution in [3.8, 4) is 5.75 Å². The van der Waals surface area contributed by atoms with Crippen molar-refractivity contribution < 1.29 is 14.2 Å². The summed E-state index contributed by atoms with van der Waals surface area (Å²) in [5, 5.41) is 10.9. The van der Waals surface area contributed by atoms with Gasteiger partial charge in [0.1, 0.15) is 11.6 Å². The quantitative estimate of drug-likeness (QED) is 0.925. The minimum Gasteiger partial charge on any atom is -0.497 e. The molecule has 2 aromatic carbocycles. The van der Waals surface area contributed by atoms with Gasteiger partial charge in [0.2, 0.25) is 0 Å². The van der Waals surface area contributed by atoms with Crippen molar-refractivity contribution in [3.63, 3.8) is 0 Å². The van der Waals surface area contributed by atoms with E-state index in [1.165, 1.54) is 18.2 Å². The monoisotopic (exact) mass is 294 g/mol. The van der Waals surface area contributed by atoms with Crippen LogP contribution < -0.4 is 4.74 Å². The zero-order valence-corrected chi connectivity index (χ0v) is 12.1. The Morgan fingerprint density at radius 1 is 1.20 bits per heavy atom. The molecule has 0 fully saturated rings. The van der Waals surface area contributed by atoms with Crippen LogP contribution in [0.15, 0.2) is 42.5 Å². The van der Waals surface area contributed by atoms with Crippen molar-refractivity contribution in [1.82, 2.24) is 0 Å². The minimum absolute atomic E-state index is 0.333. The third-order valence-corrected chi connectivity index (χ3v) is 3.55. The van der Waals surface area contributed by atoms with Crippen LogP contribution in [0.5, 0.6) is 5.75 Å². The van der Waals surface area contributed by atoms with E-state index in [2.05, 4.69) is 0 Å². The maximum atomic E-state index is 13.3. The topological polar surface area (TPSA) is 29.5 Å². The first-order valence-electron chi connectivity index (χ1n) is 6.23. The summed E-state index contributed by atoms with van der Waals surface area (Å²) in [6.07, 6.45) is 0.333. The van der Waals surface area contributed by atoms with Crippen molar-refractivity contribution in [2.75, 3.05) is 7.11 Å². The van der Waals surface area contributed by atoms with Crippen LogP contribution in [0.3, 0.4) is 0 Å². The van der Waals surface area contributed by atoms with E-state index >= 15 is 0 Å². The molecular formula is C16H16ClFO2. The first-order chi connectivity index (χ1) is 9.42. The van der Waals surface area contributed by atoms with Crippen LogP contribution >= 0.6 is 11.6 Å². The fraction of sp³-hybridized carbons (Fsp3) is 0.250. The van der Waals surface area contributed by atoms with Gasteiger partial charge in [-0.1, -0.05) is 23.7 Å². The average Bonchev–Trinajstić information content (AvgIpc) is 2.42. The lowest BCUT2D eigenvalue weighted by atomic mass is 9.89. The number of methoxy groups -OCH3 is 1. The summed E-state index contributed by atoms with van der Waals surface area (Å²) in [5.74, 6) is 0.330. The molecule has 4 heteroatoms. The molecule has 2 nitrogen and oxygen atoms in total. The van der Waals surface area contributed by atoms with E-state index in [4.69, 9.17) is 16.3 Å². The first kappa shape index (κ1) is 14.8. The third-order valence-electron chi connectivity index (χ3n) is 3.22. The van der Waals surface area contributed by atoms with E-state index in [9.17, 15) is 9.50 Å². The molecule has 0 aliphatic rings. The SMILES string of the molecule is COc1ccc(CC(C)(O)c2cc(F)ccc2Cl)cc1. The van der Waals surface area contributed by atoms with Gasteiger partial charge >= 0.3 is 0 Å². The Labute approximate surface area is 122 Å². The summed E-state index contributed by atoms with van der Waals surface area (Å²) >= 11 is 6.05. The lowest BCUT2D eigenvalue weighted by molar-refractivity contribution is 0.0574. The van der Waals surface area contributed by atoms with Crippen LogP contribution in [0.1, 0.15) is 18.1 Å². The Bertz CT molecular complexity index is 594. The molecule has 0 aromatic heterocycles. The zero-order chi connectivity index (χ0) is 14.8. The Balaban J connectivity index is 2.27. The highest BCUT2D eigenvalue weighted by Gasteiger charge is 2.26. The molecule has 2 aromatic rings. The predicted octanol–water partition coefficient (Wildman–Crippen LogP) is 3.94. The predicted molar refractivity (Wildman–Crippen MR) is 77.7 cm³/mol. The average molecular weight is 295 g/mol. The van der Waals surface area contributed by atoms with Crippen LogP contribution in [-0.2, 0) is 12.0 Å². The van der Waals surface area contributed by atoms with Crippen molar-refractivity contribution in [2.24, 2.45) is 0 Å². The van der Waals surface area contributed by atoms with E-state index in [0.29, 0.717) is 17.0 Å². The van der Waals surface area contributed by atoms with Crippen molar-refractivity contribution in [3.05, 3.63) is 64.4 Å². The molecule has 0 amide bonds. The summed E-state index contributed by atoms with van der Waals surface area (Å²) < 4.78 is 18.4. The van der Waals surface area contributed by atoms with Crippen molar-refractivity contribution in [1.29, 1.82) is 0 Å². The molecule has 106 valence electrons. The molecule has 0 radical (unpaired) electrons. The normalized spacial score (nSPS) is 13.8. The molecule has 0 saturated heterocycles. The van der Waals surface area contributed by atoms with Gasteiger partial charge < -0.3 is 9.84 Å². The molecule has 2 rings (SSSR count). The number of benzene rings is 2. The van der Waals surface area contributed by atoms with Gasteiger partial charge in [-0.3, -0.25) is 0 Å². The van der Waals surface area contributed by atoms with E-state index in [0.717, 1.165) is 11.3 Å². The summed E-state index contributed by atoms with van der Waals surface area (Å²) in [6, 6.07) is 11.4. The Morgan fingerprint density at radius 3 is 2.45 bits per heavy atom. The molecule has 0 spiro atoms. The number of hydrogen-bond acceptors (Lipinski definition) is 2. The Kier molecular flexibility index (Phi) is 4.31. The van der Waals surface area contributed by atoms with Gasteiger partial charge in [-0.25, -0.2) is 4.39 Å². The molecule has 0 aliphatic carbocycles. The van der Waals surface area contributed by atoms with Crippen molar-refractivity contribution in [2.45, 2.75) is 18.9 Å².